The molecule has 146 valence electrons. The number of thioether (sulfide) groups is 1. The number of ether oxygens (including phenoxy) is 2. The van der Waals surface area contributed by atoms with Crippen molar-refractivity contribution in [3.05, 3.63) is 53.6 Å². The molecule has 1 aliphatic heterocycles. The van der Waals surface area contributed by atoms with Gasteiger partial charge in [0.05, 0.1) is 13.7 Å². The molecule has 0 fully saturated rings. The van der Waals surface area contributed by atoms with Gasteiger partial charge in [-0.3, -0.25) is 0 Å². The Labute approximate surface area is 169 Å². The van der Waals surface area contributed by atoms with Gasteiger partial charge in [0, 0.05) is 17.2 Å². The van der Waals surface area contributed by atoms with Gasteiger partial charge in [0.15, 0.2) is 5.82 Å². The molecule has 28 heavy (non-hydrogen) atoms. The van der Waals surface area contributed by atoms with Gasteiger partial charge in [-0.05, 0) is 25.0 Å². The summed E-state index contributed by atoms with van der Waals surface area (Å²) in [5.41, 5.74) is 6.84. The topological polar surface area (TPSA) is 61.2 Å². The Kier molecular flexibility index (Phi) is 5.43. The number of nitrogens with one attached hydrogen (secondary N) is 1. The molecule has 2 heterocycles. The fourth-order valence-corrected chi connectivity index (χ4v) is 4.39. The lowest BCUT2D eigenvalue weighted by molar-refractivity contribution is 0.331. The number of aromatic nitrogens is 3. The zero-order valence-electron chi connectivity index (χ0n) is 16.3. The third kappa shape index (κ3) is 3.42. The highest BCUT2D eigenvalue weighted by Crippen LogP contribution is 2.45. The number of nitrogens with zero attached hydrogens (tertiary/aromatic N) is 3. The third-order valence-electron chi connectivity index (χ3n) is 4.65. The van der Waals surface area contributed by atoms with Crippen molar-refractivity contribution in [3.8, 4) is 22.9 Å². The number of rotatable bonds is 7. The lowest BCUT2D eigenvalue weighted by Crippen LogP contribution is -2.15. The van der Waals surface area contributed by atoms with Crippen LogP contribution >= 0.6 is 11.8 Å². The number of methoxy groups -OCH3 is 1. The molecule has 2 aromatic carbocycles. The monoisotopic (exact) mass is 396 g/mol. The van der Waals surface area contributed by atoms with E-state index in [1.165, 1.54) is 5.56 Å². The van der Waals surface area contributed by atoms with Crippen molar-refractivity contribution in [2.24, 2.45) is 0 Å². The second-order valence-electron chi connectivity index (χ2n) is 6.52. The Hall–Kier alpha value is -2.67. The van der Waals surface area contributed by atoms with Gasteiger partial charge >= 0.3 is 0 Å². The molecule has 0 aliphatic carbocycles. The summed E-state index contributed by atoms with van der Waals surface area (Å²) < 4.78 is 13.5. The quantitative estimate of drug-likeness (QED) is 0.627. The summed E-state index contributed by atoms with van der Waals surface area (Å²) in [5.74, 6) is 2.52. The Morgan fingerprint density at radius 3 is 2.64 bits per heavy atom. The first-order chi connectivity index (χ1) is 13.7. The molecule has 6 nitrogen and oxygen atoms in total. The summed E-state index contributed by atoms with van der Waals surface area (Å²) >= 11 is 1.64. The lowest BCUT2D eigenvalue weighted by Gasteiger charge is -2.19. The molecule has 0 amide bonds. The number of fused-ring (bicyclic) bond motifs is 1. The number of hydrogen-bond donors (Lipinski definition) is 1. The fourth-order valence-electron chi connectivity index (χ4n) is 3.38. The van der Waals surface area contributed by atoms with E-state index in [0.717, 1.165) is 46.4 Å². The summed E-state index contributed by atoms with van der Waals surface area (Å²) in [6.07, 6.45) is 2.02. The predicted octanol–water partition coefficient (Wildman–Crippen LogP) is 4.65. The predicted molar refractivity (Wildman–Crippen MR) is 112 cm³/mol. The van der Waals surface area contributed by atoms with Crippen molar-refractivity contribution in [3.63, 3.8) is 0 Å². The first kappa shape index (κ1) is 18.7. The molecular formula is C21H24N4O2S. The molecule has 0 radical (unpaired) electrons. The van der Waals surface area contributed by atoms with Crippen LogP contribution in [-0.2, 0) is 6.42 Å². The maximum atomic E-state index is 5.84. The lowest BCUT2D eigenvalue weighted by atomic mass is 10.0. The first-order valence-electron chi connectivity index (χ1n) is 9.52. The van der Waals surface area contributed by atoms with E-state index in [0.29, 0.717) is 6.61 Å². The Balaban J connectivity index is 1.68. The molecule has 1 N–H and O–H groups in total. The standard InChI is InChI=1S/C21H24N4O2S/c1-4-9-15-12-16(18(26-3)13-17(15)27-5-2)20-24-25-19(22-23-21(25)28-20)14-10-7-6-8-11-14/h6-8,10-13,20,24H,4-5,9H2,1-3H3. The highest BCUT2D eigenvalue weighted by molar-refractivity contribution is 7.99. The maximum absolute atomic E-state index is 5.84. The largest absolute Gasteiger partial charge is 0.496 e. The van der Waals surface area contributed by atoms with E-state index in [2.05, 4.69) is 28.6 Å². The Morgan fingerprint density at radius 1 is 1.11 bits per heavy atom. The molecule has 1 unspecified atom stereocenters. The third-order valence-corrected chi connectivity index (χ3v) is 5.72. The molecule has 3 aromatic rings. The summed E-state index contributed by atoms with van der Waals surface area (Å²) in [5, 5.41) is 9.54. The molecule has 4 rings (SSSR count). The minimum absolute atomic E-state index is 0.00538. The van der Waals surface area contributed by atoms with Crippen LogP contribution in [0.3, 0.4) is 0 Å². The van der Waals surface area contributed by atoms with E-state index in [1.54, 1.807) is 18.9 Å². The average Bonchev–Trinajstić information content (AvgIpc) is 3.30. The molecule has 7 heteroatoms. The Bertz CT molecular complexity index is 959. The molecule has 1 aromatic heterocycles. The van der Waals surface area contributed by atoms with Crippen LogP contribution in [0, 0.1) is 0 Å². The van der Waals surface area contributed by atoms with E-state index in [1.807, 2.05) is 48.0 Å². The van der Waals surface area contributed by atoms with Crippen LogP contribution in [0.25, 0.3) is 11.4 Å². The molecular weight excluding hydrogens is 372 g/mol. The van der Waals surface area contributed by atoms with E-state index in [-0.39, 0.29) is 5.37 Å². The van der Waals surface area contributed by atoms with E-state index in [4.69, 9.17) is 9.47 Å². The van der Waals surface area contributed by atoms with Gasteiger partial charge in [-0.2, -0.15) is 0 Å². The summed E-state index contributed by atoms with van der Waals surface area (Å²) in [7, 11) is 1.70. The number of benzene rings is 2. The maximum Gasteiger partial charge on any atom is 0.212 e. The van der Waals surface area contributed by atoms with E-state index < -0.39 is 0 Å². The smallest absolute Gasteiger partial charge is 0.212 e. The summed E-state index contributed by atoms with van der Waals surface area (Å²) in [6, 6.07) is 14.3. The zero-order valence-corrected chi connectivity index (χ0v) is 17.1. The van der Waals surface area contributed by atoms with Crippen molar-refractivity contribution < 1.29 is 9.47 Å². The second kappa shape index (κ2) is 8.14. The van der Waals surface area contributed by atoms with Gasteiger partial charge in [-0.1, -0.05) is 55.4 Å². The number of aryl methyl sites for hydroxylation is 1. The fraction of sp³-hybridized carbons (Fsp3) is 0.333. The van der Waals surface area contributed by atoms with Crippen LogP contribution in [0.1, 0.15) is 36.8 Å². The molecule has 1 atom stereocenters. The van der Waals surface area contributed by atoms with E-state index >= 15 is 0 Å². The van der Waals surface area contributed by atoms with Crippen LogP contribution in [0.2, 0.25) is 0 Å². The van der Waals surface area contributed by atoms with Gasteiger partial charge in [-0.25, -0.2) is 4.68 Å². The Morgan fingerprint density at radius 2 is 1.93 bits per heavy atom. The molecule has 0 bridgehead atoms. The van der Waals surface area contributed by atoms with Crippen LogP contribution in [0.5, 0.6) is 11.5 Å². The van der Waals surface area contributed by atoms with Crippen molar-refractivity contribution in [2.45, 2.75) is 37.2 Å². The SMILES string of the molecule is CCCc1cc(C2Nn3c(nnc3-c3ccccc3)S2)c(OC)cc1OCC. The van der Waals surface area contributed by atoms with Crippen molar-refractivity contribution in [2.75, 3.05) is 19.1 Å². The average molecular weight is 397 g/mol. The van der Waals surface area contributed by atoms with Gasteiger partial charge < -0.3 is 14.9 Å². The van der Waals surface area contributed by atoms with Crippen LogP contribution < -0.4 is 14.9 Å². The zero-order chi connectivity index (χ0) is 19.5. The van der Waals surface area contributed by atoms with Crippen LogP contribution in [0.4, 0.5) is 0 Å². The number of hydrogen-bond acceptors (Lipinski definition) is 6. The van der Waals surface area contributed by atoms with Crippen molar-refractivity contribution in [1.82, 2.24) is 14.9 Å². The second-order valence-corrected chi connectivity index (χ2v) is 7.59. The minimum atomic E-state index is -0.00538. The minimum Gasteiger partial charge on any atom is -0.496 e. The van der Waals surface area contributed by atoms with Crippen LogP contribution in [-0.4, -0.2) is 28.6 Å². The molecule has 0 spiro atoms. The molecule has 0 saturated carbocycles. The normalized spacial score (nSPS) is 15.2. The summed E-state index contributed by atoms with van der Waals surface area (Å²) in [6.45, 7) is 4.81. The highest BCUT2D eigenvalue weighted by atomic mass is 32.2. The van der Waals surface area contributed by atoms with Crippen molar-refractivity contribution >= 4 is 11.8 Å². The van der Waals surface area contributed by atoms with Crippen LogP contribution in [0.15, 0.2) is 47.6 Å². The van der Waals surface area contributed by atoms with Crippen molar-refractivity contribution in [1.29, 1.82) is 0 Å². The van der Waals surface area contributed by atoms with Gasteiger partial charge in [0.25, 0.3) is 0 Å². The highest BCUT2D eigenvalue weighted by Gasteiger charge is 2.30. The molecule has 0 saturated heterocycles. The summed E-state index contributed by atoms with van der Waals surface area (Å²) in [4.78, 5) is 0. The molecule has 1 aliphatic rings. The van der Waals surface area contributed by atoms with Gasteiger partial charge in [0.2, 0.25) is 5.16 Å². The van der Waals surface area contributed by atoms with Gasteiger partial charge in [0.1, 0.15) is 16.9 Å². The first-order valence-corrected chi connectivity index (χ1v) is 10.4. The van der Waals surface area contributed by atoms with E-state index in [9.17, 15) is 0 Å². The van der Waals surface area contributed by atoms with Gasteiger partial charge in [-0.15, -0.1) is 10.2 Å².